The highest BCUT2D eigenvalue weighted by Gasteiger charge is 2.04. The summed E-state index contributed by atoms with van der Waals surface area (Å²) in [6.07, 6.45) is 2.65. The molecule has 0 spiro atoms. The van der Waals surface area contributed by atoms with Crippen molar-refractivity contribution in [3.05, 3.63) is 17.2 Å². The third-order valence-electron chi connectivity index (χ3n) is 1.02. The molecule has 0 radical (unpaired) electrons. The fourth-order valence-electron chi connectivity index (χ4n) is 0.580. The third kappa shape index (κ3) is 2.03. The molecule has 0 aliphatic rings. The normalized spacial score (nSPS) is 9.55. The van der Waals surface area contributed by atoms with Crippen LogP contribution < -0.4 is 0 Å². The van der Waals surface area contributed by atoms with Crippen LogP contribution in [0, 0.1) is 4.77 Å². The van der Waals surface area contributed by atoms with Crippen LogP contribution in [0.25, 0.3) is 0 Å². The van der Waals surface area contributed by atoms with Crippen molar-refractivity contribution in [3.8, 4) is 0 Å². The third-order valence-corrected chi connectivity index (χ3v) is 1.65. The number of nitrogens with zero attached hydrogens (tertiary/aromatic N) is 1. The number of carbonyl (C=O) groups excluding carboxylic acids is 1. The summed E-state index contributed by atoms with van der Waals surface area (Å²) in [4.78, 5) is 13.7. The van der Waals surface area contributed by atoms with E-state index in [1.54, 1.807) is 6.20 Å². The van der Waals surface area contributed by atoms with Gasteiger partial charge in [0.1, 0.15) is 4.61 Å². The van der Waals surface area contributed by atoms with E-state index in [0.29, 0.717) is 9.38 Å². The van der Waals surface area contributed by atoms with E-state index in [1.165, 1.54) is 10.8 Å². The van der Waals surface area contributed by atoms with Gasteiger partial charge in [0.05, 0.1) is 0 Å². The van der Waals surface area contributed by atoms with Gasteiger partial charge < -0.3 is 9.72 Å². The number of hydrogen-bond acceptors (Lipinski definition) is 3. The average Bonchev–Trinajstić information content (AvgIpc) is 2.36. The Labute approximate surface area is 81.7 Å². The second-order valence-electron chi connectivity index (χ2n) is 1.65. The van der Waals surface area contributed by atoms with Gasteiger partial charge in [-0.05, 0) is 34.8 Å². The van der Waals surface area contributed by atoms with E-state index in [1.807, 2.05) is 22.6 Å². The van der Waals surface area contributed by atoms with Crippen LogP contribution >= 0.6 is 34.8 Å². The lowest BCUT2D eigenvalue weighted by Crippen LogP contribution is -2.11. The number of ether oxygens (including phenoxy) is 1. The molecule has 60 valence electrons. The fourth-order valence-corrected chi connectivity index (χ4v) is 1.05. The quantitative estimate of drug-likeness (QED) is 0.487. The maximum atomic E-state index is 11.0. The lowest BCUT2D eigenvalue weighted by atomic mass is 10.9. The Balaban J connectivity index is 2.85. The molecule has 0 amide bonds. The first kappa shape index (κ1) is 8.72. The van der Waals surface area contributed by atoms with Crippen LogP contribution in [0.1, 0.15) is 0 Å². The lowest BCUT2D eigenvalue weighted by molar-refractivity contribution is 0.170. The number of rotatable bonds is 1. The summed E-state index contributed by atoms with van der Waals surface area (Å²) in [6.45, 7) is 0. The Bertz CT molecular complexity index is 305. The van der Waals surface area contributed by atoms with Gasteiger partial charge in [0.2, 0.25) is 0 Å². The zero-order valence-corrected chi connectivity index (χ0v) is 8.39. The van der Waals surface area contributed by atoms with Crippen LogP contribution in [-0.2, 0) is 4.74 Å². The summed E-state index contributed by atoms with van der Waals surface area (Å²) in [5.74, 6) is 0. The summed E-state index contributed by atoms with van der Waals surface area (Å²) in [6, 6.07) is 0. The Kier molecular flexibility index (Phi) is 3.06. The number of H-pyrrole nitrogens is 1. The summed E-state index contributed by atoms with van der Waals surface area (Å²) < 4.78 is 6.59. The number of carbonyl (C=O) groups is 1. The molecule has 0 atom stereocenters. The molecular weight excluding hydrogens is 279 g/mol. The first-order chi connectivity index (χ1) is 5.25. The molecule has 0 aliphatic carbocycles. The molecule has 1 rings (SSSR count). The molecule has 0 bridgehead atoms. The number of imidazole rings is 1. The SMILES string of the molecule is O=C(OCI)n1cc[nH]c1=S. The van der Waals surface area contributed by atoms with Crippen LogP contribution in [0.15, 0.2) is 12.4 Å². The van der Waals surface area contributed by atoms with Gasteiger partial charge in [0.25, 0.3) is 0 Å². The van der Waals surface area contributed by atoms with Gasteiger partial charge in [-0.2, -0.15) is 0 Å². The number of hydrogen-bond donors (Lipinski definition) is 1. The van der Waals surface area contributed by atoms with E-state index in [4.69, 9.17) is 17.0 Å². The van der Waals surface area contributed by atoms with Crippen molar-refractivity contribution in [2.75, 3.05) is 4.61 Å². The zero-order chi connectivity index (χ0) is 8.27. The zero-order valence-electron chi connectivity index (χ0n) is 5.41. The summed E-state index contributed by atoms with van der Waals surface area (Å²) >= 11 is 6.72. The maximum absolute atomic E-state index is 11.0. The first-order valence-corrected chi connectivity index (χ1v) is 4.68. The Morgan fingerprint density at radius 1 is 1.91 bits per heavy atom. The molecule has 4 nitrogen and oxygen atoms in total. The molecule has 0 aliphatic heterocycles. The minimum Gasteiger partial charge on any atom is -0.438 e. The van der Waals surface area contributed by atoms with Gasteiger partial charge in [-0.15, -0.1) is 0 Å². The van der Waals surface area contributed by atoms with E-state index in [-0.39, 0.29) is 0 Å². The monoisotopic (exact) mass is 284 g/mol. The lowest BCUT2D eigenvalue weighted by Gasteiger charge is -1.98. The van der Waals surface area contributed by atoms with Gasteiger partial charge in [-0.25, -0.2) is 9.36 Å². The molecule has 1 aromatic rings. The molecule has 0 saturated heterocycles. The van der Waals surface area contributed by atoms with Crippen molar-refractivity contribution in [2.45, 2.75) is 0 Å². The number of alkyl halides is 1. The summed E-state index contributed by atoms with van der Waals surface area (Å²) in [7, 11) is 0. The van der Waals surface area contributed by atoms with E-state index < -0.39 is 6.09 Å². The molecule has 0 unspecified atom stereocenters. The Morgan fingerprint density at radius 3 is 3.09 bits per heavy atom. The van der Waals surface area contributed by atoms with E-state index in [2.05, 4.69) is 4.98 Å². The van der Waals surface area contributed by atoms with Crippen LogP contribution in [-0.4, -0.2) is 20.3 Å². The van der Waals surface area contributed by atoms with E-state index in [9.17, 15) is 4.79 Å². The minimum atomic E-state index is -0.453. The summed E-state index contributed by atoms with van der Waals surface area (Å²) in [5, 5.41) is 0. The molecular formula is C5H5IN2O2S. The van der Waals surface area contributed by atoms with Crippen molar-refractivity contribution in [2.24, 2.45) is 0 Å². The molecule has 11 heavy (non-hydrogen) atoms. The molecule has 1 N–H and O–H groups in total. The van der Waals surface area contributed by atoms with Crippen LogP contribution in [0.3, 0.4) is 0 Å². The van der Waals surface area contributed by atoms with E-state index >= 15 is 0 Å². The van der Waals surface area contributed by atoms with Crippen molar-refractivity contribution in [3.63, 3.8) is 0 Å². The molecule has 1 heterocycles. The molecule has 1 aromatic heterocycles. The van der Waals surface area contributed by atoms with Crippen molar-refractivity contribution >= 4 is 40.9 Å². The van der Waals surface area contributed by atoms with E-state index in [0.717, 1.165) is 0 Å². The molecule has 6 heteroatoms. The smallest absolute Gasteiger partial charge is 0.421 e. The maximum Gasteiger partial charge on any atom is 0.421 e. The number of aromatic nitrogens is 2. The summed E-state index contributed by atoms with van der Waals surface area (Å²) in [5.41, 5.74) is 0. The van der Waals surface area contributed by atoms with Crippen LogP contribution in [0.2, 0.25) is 0 Å². The van der Waals surface area contributed by atoms with Crippen molar-refractivity contribution in [1.29, 1.82) is 0 Å². The highest BCUT2D eigenvalue weighted by Crippen LogP contribution is 1.94. The molecule has 0 saturated carbocycles. The second kappa shape index (κ2) is 3.86. The topological polar surface area (TPSA) is 47.0 Å². The predicted octanol–water partition coefficient (Wildman–Crippen LogP) is 1.92. The van der Waals surface area contributed by atoms with Gasteiger partial charge in [-0.1, -0.05) is 0 Å². The highest BCUT2D eigenvalue weighted by atomic mass is 127. The van der Waals surface area contributed by atoms with Gasteiger partial charge in [0, 0.05) is 12.4 Å². The molecule has 0 aromatic carbocycles. The number of nitrogens with one attached hydrogen (secondary N) is 1. The van der Waals surface area contributed by atoms with Crippen LogP contribution in [0.5, 0.6) is 0 Å². The van der Waals surface area contributed by atoms with Gasteiger partial charge in [0.15, 0.2) is 4.77 Å². The number of halogens is 1. The molecule has 0 fully saturated rings. The highest BCUT2D eigenvalue weighted by molar-refractivity contribution is 14.1. The minimum absolute atomic E-state index is 0.323. The van der Waals surface area contributed by atoms with Crippen LogP contribution in [0.4, 0.5) is 4.79 Å². The predicted molar refractivity (Wildman–Crippen MR) is 50.4 cm³/mol. The van der Waals surface area contributed by atoms with Gasteiger partial charge >= 0.3 is 6.09 Å². The Hall–Kier alpha value is -0.370. The second-order valence-corrected chi connectivity index (χ2v) is 2.66. The largest absolute Gasteiger partial charge is 0.438 e. The average molecular weight is 284 g/mol. The fraction of sp³-hybridized carbons (Fsp3) is 0.200. The Morgan fingerprint density at radius 2 is 2.64 bits per heavy atom. The first-order valence-electron chi connectivity index (χ1n) is 2.75. The van der Waals surface area contributed by atoms with Gasteiger partial charge in [-0.3, -0.25) is 0 Å². The number of aromatic amines is 1. The van der Waals surface area contributed by atoms with Crippen molar-refractivity contribution in [1.82, 2.24) is 9.55 Å². The standard InChI is InChI=1S/C5H5IN2O2S/c6-3-10-5(9)8-2-1-7-4(8)11/h1-2H,3H2,(H,7,11). The van der Waals surface area contributed by atoms with Crippen molar-refractivity contribution < 1.29 is 9.53 Å².